The Labute approximate surface area is 187 Å². The van der Waals surface area contributed by atoms with Crippen molar-refractivity contribution in [1.29, 1.82) is 0 Å². The van der Waals surface area contributed by atoms with Crippen LogP contribution >= 0.6 is 0 Å². The highest BCUT2D eigenvalue weighted by Crippen LogP contribution is 2.09. The summed E-state index contributed by atoms with van der Waals surface area (Å²) in [5.41, 5.74) is 7.58. The van der Waals surface area contributed by atoms with Gasteiger partial charge in [0.1, 0.15) is 0 Å². The van der Waals surface area contributed by atoms with Crippen LogP contribution in [0.3, 0.4) is 0 Å². The summed E-state index contributed by atoms with van der Waals surface area (Å²) < 4.78 is 0. The molecule has 31 heavy (non-hydrogen) atoms. The van der Waals surface area contributed by atoms with Crippen LogP contribution in [0.2, 0.25) is 0 Å². The lowest BCUT2D eigenvalue weighted by Gasteiger charge is -2.26. The summed E-state index contributed by atoms with van der Waals surface area (Å²) in [5, 5.41) is 8.59. The van der Waals surface area contributed by atoms with Crippen molar-refractivity contribution in [2.45, 2.75) is 84.5 Å². The Morgan fingerprint density at radius 2 is 1.10 bits per heavy atom. The molecule has 2 amide bonds. The number of amides is 2. The third-order valence-electron chi connectivity index (χ3n) is 5.93. The van der Waals surface area contributed by atoms with Crippen LogP contribution in [0.4, 0.5) is 0 Å². The van der Waals surface area contributed by atoms with E-state index in [0.29, 0.717) is 12.8 Å². The highest BCUT2D eigenvalue weighted by atomic mass is 16.2. The topological polar surface area (TPSA) is 89.4 Å². The quantitative estimate of drug-likeness (QED) is 0.365. The number of hydrazone groups is 2. The van der Waals surface area contributed by atoms with Crippen LogP contribution in [0.25, 0.3) is 0 Å². The fraction of sp³-hybridized carbons (Fsp3) is 0.826. The molecule has 0 aromatic heterocycles. The zero-order chi connectivity index (χ0) is 22.3. The maximum atomic E-state index is 12.0. The first kappa shape index (κ1) is 25.5. The number of rotatable bonds is 12. The Morgan fingerprint density at radius 3 is 1.45 bits per heavy atom. The van der Waals surface area contributed by atoms with E-state index in [1.807, 2.05) is 0 Å². The van der Waals surface area contributed by atoms with Gasteiger partial charge in [-0.15, -0.1) is 0 Å². The summed E-state index contributed by atoms with van der Waals surface area (Å²) in [4.78, 5) is 28.8. The van der Waals surface area contributed by atoms with Gasteiger partial charge < -0.3 is 9.80 Å². The van der Waals surface area contributed by atoms with E-state index in [2.05, 4.69) is 44.7 Å². The van der Waals surface area contributed by atoms with Gasteiger partial charge in [0.15, 0.2) is 0 Å². The average molecular weight is 435 g/mol. The summed E-state index contributed by atoms with van der Waals surface area (Å²) in [7, 11) is 0. The summed E-state index contributed by atoms with van der Waals surface area (Å²) >= 11 is 0. The predicted octanol–water partition coefficient (Wildman–Crippen LogP) is 2.89. The van der Waals surface area contributed by atoms with Crippen LogP contribution in [0.1, 0.15) is 84.5 Å². The van der Waals surface area contributed by atoms with Crippen molar-refractivity contribution < 1.29 is 9.59 Å². The second-order valence-corrected chi connectivity index (χ2v) is 8.67. The molecule has 0 aliphatic carbocycles. The monoisotopic (exact) mass is 434 g/mol. The Balaban J connectivity index is 1.48. The summed E-state index contributed by atoms with van der Waals surface area (Å²) in [6.45, 7) is 10.8. The van der Waals surface area contributed by atoms with E-state index in [1.165, 1.54) is 12.8 Å². The maximum Gasteiger partial charge on any atom is 0.240 e. The molecule has 0 bridgehead atoms. The summed E-state index contributed by atoms with van der Waals surface area (Å²) in [5.74, 6) is -0.0671. The molecule has 0 unspecified atom stereocenters. The fourth-order valence-corrected chi connectivity index (χ4v) is 4.07. The zero-order valence-electron chi connectivity index (χ0n) is 19.6. The SMILES string of the molecule is CCCN1CCC(=NNC(=O)CCCCCC(=O)NN=C2CCN(CCC)CC2)CC1. The number of hydrogen-bond donors (Lipinski definition) is 2. The third-order valence-corrected chi connectivity index (χ3v) is 5.93. The van der Waals surface area contributed by atoms with Crippen LogP contribution in [0, 0.1) is 0 Å². The zero-order valence-corrected chi connectivity index (χ0v) is 19.6. The molecule has 176 valence electrons. The second-order valence-electron chi connectivity index (χ2n) is 8.67. The van der Waals surface area contributed by atoms with Gasteiger partial charge in [0.25, 0.3) is 0 Å². The van der Waals surface area contributed by atoms with Crippen LogP contribution in [-0.2, 0) is 9.59 Å². The summed E-state index contributed by atoms with van der Waals surface area (Å²) in [6, 6.07) is 0. The molecule has 2 aliphatic rings. The van der Waals surface area contributed by atoms with E-state index in [-0.39, 0.29) is 11.8 Å². The van der Waals surface area contributed by atoms with Gasteiger partial charge in [-0.25, -0.2) is 10.9 Å². The lowest BCUT2D eigenvalue weighted by molar-refractivity contribution is -0.121. The number of likely N-dealkylation sites (tertiary alicyclic amines) is 2. The Kier molecular flexibility index (Phi) is 12.4. The summed E-state index contributed by atoms with van der Waals surface area (Å²) in [6.07, 6.45) is 9.43. The molecule has 0 saturated carbocycles. The van der Waals surface area contributed by atoms with Gasteiger partial charge in [0.2, 0.25) is 11.8 Å². The lowest BCUT2D eigenvalue weighted by atomic mass is 10.1. The number of unbranched alkanes of at least 4 members (excludes halogenated alkanes) is 2. The molecule has 0 aromatic carbocycles. The minimum atomic E-state index is -0.0336. The average Bonchev–Trinajstić information content (AvgIpc) is 2.78. The molecular weight excluding hydrogens is 392 g/mol. The smallest absolute Gasteiger partial charge is 0.240 e. The van der Waals surface area contributed by atoms with Gasteiger partial charge in [0.05, 0.1) is 0 Å². The van der Waals surface area contributed by atoms with Crippen molar-refractivity contribution in [3.63, 3.8) is 0 Å². The Bertz CT molecular complexity index is 547. The number of piperidine rings is 2. The molecule has 0 aromatic rings. The third kappa shape index (κ3) is 10.9. The minimum absolute atomic E-state index is 0.0336. The van der Waals surface area contributed by atoms with E-state index >= 15 is 0 Å². The van der Waals surface area contributed by atoms with Crippen molar-refractivity contribution in [2.24, 2.45) is 10.2 Å². The molecule has 2 aliphatic heterocycles. The Morgan fingerprint density at radius 1 is 0.710 bits per heavy atom. The number of nitrogens with one attached hydrogen (secondary N) is 2. The van der Waals surface area contributed by atoms with Crippen LogP contribution in [-0.4, -0.2) is 72.3 Å². The first-order valence-electron chi connectivity index (χ1n) is 12.2. The minimum Gasteiger partial charge on any atom is -0.303 e. The van der Waals surface area contributed by atoms with Crippen molar-refractivity contribution in [2.75, 3.05) is 39.3 Å². The van der Waals surface area contributed by atoms with Crippen molar-refractivity contribution in [3.05, 3.63) is 0 Å². The molecule has 0 atom stereocenters. The number of carbonyl (C=O) groups excluding carboxylic acids is 2. The molecule has 2 heterocycles. The van der Waals surface area contributed by atoms with E-state index in [0.717, 1.165) is 95.6 Å². The van der Waals surface area contributed by atoms with E-state index in [4.69, 9.17) is 0 Å². The van der Waals surface area contributed by atoms with Gasteiger partial charge in [-0.05, 0) is 38.8 Å². The molecule has 2 fully saturated rings. The highest BCUT2D eigenvalue weighted by molar-refractivity contribution is 5.87. The molecule has 0 spiro atoms. The second kappa shape index (κ2) is 15.1. The van der Waals surface area contributed by atoms with Gasteiger partial charge in [-0.1, -0.05) is 20.3 Å². The van der Waals surface area contributed by atoms with Crippen LogP contribution < -0.4 is 10.9 Å². The maximum absolute atomic E-state index is 12.0. The molecule has 8 heteroatoms. The number of carbonyl (C=O) groups is 2. The standard InChI is InChI=1S/C23H42N6O2/c1-3-14-28-16-10-20(11-17-28)24-26-22(30)8-6-5-7-9-23(31)27-25-21-12-18-29(15-4-2)19-13-21/h3-19H2,1-2H3,(H,26,30)(H,27,31). The lowest BCUT2D eigenvalue weighted by Crippen LogP contribution is -2.35. The first-order valence-corrected chi connectivity index (χ1v) is 12.2. The van der Waals surface area contributed by atoms with E-state index in [9.17, 15) is 9.59 Å². The largest absolute Gasteiger partial charge is 0.303 e. The van der Waals surface area contributed by atoms with Gasteiger partial charge in [-0.3, -0.25) is 9.59 Å². The predicted molar refractivity (Wildman–Crippen MR) is 126 cm³/mol. The first-order chi connectivity index (χ1) is 15.1. The normalized spacial score (nSPS) is 18.0. The fourth-order valence-electron chi connectivity index (χ4n) is 4.07. The van der Waals surface area contributed by atoms with E-state index < -0.39 is 0 Å². The number of hydrogen-bond acceptors (Lipinski definition) is 6. The van der Waals surface area contributed by atoms with E-state index in [1.54, 1.807) is 0 Å². The van der Waals surface area contributed by atoms with Crippen molar-refractivity contribution >= 4 is 23.2 Å². The van der Waals surface area contributed by atoms with Crippen molar-refractivity contribution in [3.8, 4) is 0 Å². The van der Waals surface area contributed by atoms with Crippen LogP contribution in [0.5, 0.6) is 0 Å². The van der Waals surface area contributed by atoms with Gasteiger partial charge in [-0.2, -0.15) is 10.2 Å². The van der Waals surface area contributed by atoms with Crippen LogP contribution in [0.15, 0.2) is 10.2 Å². The number of nitrogens with zero attached hydrogens (tertiary/aromatic N) is 4. The molecule has 8 nitrogen and oxygen atoms in total. The molecular formula is C23H42N6O2. The van der Waals surface area contributed by atoms with Crippen molar-refractivity contribution in [1.82, 2.24) is 20.7 Å². The molecule has 2 N–H and O–H groups in total. The van der Waals surface area contributed by atoms with Gasteiger partial charge in [0, 0.05) is 76.1 Å². The highest BCUT2D eigenvalue weighted by Gasteiger charge is 2.15. The molecule has 2 rings (SSSR count). The molecule has 2 saturated heterocycles. The Hall–Kier alpha value is -1.80. The van der Waals surface area contributed by atoms with Gasteiger partial charge >= 0.3 is 0 Å². The molecule has 0 radical (unpaired) electrons.